The van der Waals surface area contributed by atoms with Crippen molar-refractivity contribution in [3.63, 3.8) is 0 Å². The van der Waals surface area contributed by atoms with Crippen molar-refractivity contribution < 1.29 is 41.9 Å². The van der Waals surface area contributed by atoms with Crippen LogP contribution in [0, 0.1) is 0 Å². The van der Waals surface area contributed by atoms with Crippen LogP contribution >= 0.6 is 0 Å². The Morgan fingerprint density at radius 3 is 2.36 bits per heavy atom. The van der Waals surface area contributed by atoms with Gasteiger partial charge in [0.05, 0.1) is 28.8 Å². The Labute approximate surface area is 190 Å². The van der Waals surface area contributed by atoms with Crippen molar-refractivity contribution in [2.24, 2.45) is 4.40 Å². The van der Waals surface area contributed by atoms with E-state index < -0.39 is 45.7 Å². The molecule has 0 aliphatic carbocycles. The van der Waals surface area contributed by atoms with Gasteiger partial charge < -0.3 is 19.7 Å². The summed E-state index contributed by atoms with van der Waals surface area (Å²) in [6.45, 7) is 4.98. The fourth-order valence-electron chi connectivity index (χ4n) is 2.51. The number of aromatic hydroxyl groups is 1. The molecule has 180 valence electrons. The minimum Gasteiger partial charge on any atom is -0.507 e. The molecule has 1 heterocycles. The molecule has 1 aromatic carbocycles. The summed E-state index contributed by atoms with van der Waals surface area (Å²) in [4.78, 5) is 15.5. The molecular weight excluding hydrogens is 465 g/mol. The predicted molar refractivity (Wildman–Crippen MR) is 114 cm³/mol. The topological polar surface area (TPSA) is 118 Å². The number of rotatable bonds is 7. The fraction of sp³-hybridized carbons (Fsp3) is 0.381. The molecule has 0 fully saturated rings. The number of halogens is 3. The second-order valence-electron chi connectivity index (χ2n) is 7.81. The van der Waals surface area contributed by atoms with Crippen LogP contribution in [0.15, 0.2) is 40.9 Å². The molecule has 0 amide bonds. The fourth-order valence-corrected chi connectivity index (χ4v) is 3.16. The lowest BCUT2D eigenvalue weighted by Crippen LogP contribution is -2.22. The Hall–Kier alpha value is -2.99. The lowest BCUT2D eigenvalue weighted by molar-refractivity contribution is -0.274. The van der Waals surface area contributed by atoms with Crippen LogP contribution in [0.1, 0.15) is 54.9 Å². The van der Waals surface area contributed by atoms with E-state index in [1.165, 1.54) is 25.4 Å². The average Bonchev–Trinajstić information content (AvgIpc) is 2.71. The first-order valence-corrected chi connectivity index (χ1v) is 10.6. The van der Waals surface area contributed by atoms with Crippen LogP contribution in [0.4, 0.5) is 13.2 Å². The van der Waals surface area contributed by atoms with E-state index in [0.29, 0.717) is 0 Å². The van der Waals surface area contributed by atoms with Gasteiger partial charge in [-0.1, -0.05) is 0 Å². The molecule has 0 aliphatic heterocycles. The maximum Gasteiger partial charge on any atom is 0.573 e. The highest BCUT2D eigenvalue weighted by atomic mass is 32.2. The third-order valence-corrected chi connectivity index (χ3v) is 5.60. The number of phenols is 1. The summed E-state index contributed by atoms with van der Waals surface area (Å²) >= 11 is 0. The molecule has 1 aromatic heterocycles. The molecule has 0 saturated carbocycles. The van der Waals surface area contributed by atoms with Gasteiger partial charge in [-0.05, 0) is 45.0 Å². The zero-order chi connectivity index (χ0) is 25.0. The lowest BCUT2D eigenvalue weighted by atomic mass is 10.0. The molecule has 8 nitrogen and oxygen atoms in total. The van der Waals surface area contributed by atoms with E-state index in [4.69, 9.17) is 0 Å². The smallest absolute Gasteiger partial charge is 0.507 e. The van der Waals surface area contributed by atoms with E-state index >= 15 is 0 Å². The monoisotopic (exact) mass is 488 g/mol. The van der Waals surface area contributed by atoms with Crippen molar-refractivity contribution >= 4 is 22.7 Å². The van der Waals surface area contributed by atoms with Crippen LogP contribution in [-0.4, -0.2) is 49.3 Å². The maximum atomic E-state index is 12.6. The number of ether oxygens (including phenoxy) is 2. The minimum absolute atomic E-state index is 0.0225. The zero-order valence-electron chi connectivity index (χ0n) is 18.2. The van der Waals surface area contributed by atoms with Crippen LogP contribution in [-0.2, 0) is 15.7 Å². The van der Waals surface area contributed by atoms with Crippen LogP contribution in [0.2, 0.25) is 0 Å². The van der Waals surface area contributed by atoms with Gasteiger partial charge in [0.2, 0.25) is 0 Å². The molecule has 0 unspecified atom stereocenters. The maximum absolute atomic E-state index is 12.6. The highest BCUT2D eigenvalue weighted by Gasteiger charge is 2.31. The molecule has 2 aromatic rings. The molecule has 2 atom stereocenters. The number of methoxy groups -OCH3 is 1. The third-order valence-electron chi connectivity index (χ3n) is 4.17. The largest absolute Gasteiger partial charge is 0.573 e. The number of pyridine rings is 1. The van der Waals surface area contributed by atoms with Crippen LogP contribution in [0.25, 0.3) is 0 Å². The summed E-state index contributed by atoms with van der Waals surface area (Å²) in [6, 6.07) is 5.61. The molecule has 0 spiro atoms. The number of esters is 1. The normalized spacial score (nSPS) is 14.5. The number of nitrogens with zero attached hydrogens (tertiary/aromatic N) is 2. The summed E-state index contributed by atoms with van der Waals surface area (Å²) < 4.78 is 61.7. The second kappa shape index (κ2) is 10.3. The molecule has 2 N–H and O–H groups in total. The van der Waals surface area contributed by atoms with E-state index in [1.807, 2.05) is 0 Å². The van der Waals surface area contributed by atoms with E-state index in [0.717, 1.165) is 18.2 Å². The SMILES string of the molecule is COC(=O)c1ccc([C@@H](O)CC(=N[S@@](=O)C(C)(C)C)c2ccc(OC(F)(F)F)cc2O)nc1. The van der Waals surface area contributed by atoms with E-state index in [2.05, 4.69) is 18.9 Å². The van der Waals surface area contributed by atoms with Gasteiger partial charge >= 0.3 is 12.3 Å². The number of aliphatic hydroxyl groups is 1. The van der Waals surface area contributed by atoms with Gasteiger partial charge in [0.15, 0.2) is 0 Å². The first-order chi connectivity index (χ1) is 15.2. The number of carbonyl (C=O) groups is 1. The Morgan fingerprint density at radius 2 is 1.88 bits per heavy atom. The number of hydrogen-bond donors (Lipinski definition) is 2. The predicted octanol–water partition coefficient (Wildman–Crippen LogP) is 3.85. The number of benzene rings is 1. The summed E-state index contributed by atoms with van der Waals surface area (Å²) in [5, 5.41) is 20.9. The number of aromatic nitrogens is 1. The summed E-state index contributed by atoms with van der Waals surface area (Å²) in [7, 11) is -0.599. The molecule has 2 rings (SSSR count). The van der Waals surface area contributed by atoms with Gasteiger partial charge in [-0.2, -0.15) is 4.40 Å². The molecule has 0 bridgehead atoms. The number of alkyl halides is 3. The molecule has 0 saturated heterocycles. The van der Waals surface area contributed by atoms with Gasteiger partial charge in [0.1, 0.15) is 28.6 Å². The van der Waals surface area contributed by atoms with Crippen LogP contribution < -0.4 is 4.74 Å². The van der Waals surface area contributed by atoms with Crippen molar-refractivity contribution in [3.05, 3.63) is 53.3 Å². The Morgan fingerprint density at radius 1 is 1.21 bits per heavy atom. The Balaban J connectivity index is 2.40. The number of aliphatic hydroxyl groups excluding tert-OH is 1. The molecule has 0 aliphatic rings. The summed E-state index contributed by atoms with van der Waals surface area (Å²) in [5.74, 6) is -1.87. The standard InChI is InChI=1S/C21H23F3N2O6S/c1-20(2,3)33(30)26-16(14-7-6-13(9-17(14)27)32-21(22,23)24)10-18(28)15-8-5-12(11-25-15)19(29)31-4/h5-9,11,18,27-28H,10H2,1-4H3/t18-,33-/m0/s1. The Kier molecular flexibility index (Phi) is 8.20. The number of phenolic OH excluding ortho intramolecular Hbond substituents is 1. The van der Waals surface area contributed by atoms with Crippen LogP contribution in [0.5, 0.6) is 11.5 Å². The molecule has 12 heteroatoms. The van der Waals surface area contributed by atoms with Crippen molar-refractivity contribution in [3.8, 4) is 11.5 Å². The lowest BCUT2D eigenvalue weighted by Gasteiger charge is -2.18. The van der Waals surface area contributed by atoms with Gasteiger partial charge in [-0.25, -0.2) is 9.00 Å². The van der Waals surface area contributed by atoms with Crippen molar-refractivity contribution in [2.45, 2.75) is 44.4 Å². The van der Waals surface area contributed by atoms with E-state index in [9.17, 15) is 32.4 Å². The second-order valence-corrected chi connectivity index (χ2v) is 9.72. The van der Waals surface area contributed by atoms with E-state index in [1.54, 1.807) is 20.8 Å². The first kappa shape index (κ1) is 26.3. The number of carbonyl (C=O) groups excluding carboxylic acids is 1. The molecule has 33 heavy (non-hydrogen) atoms. The zero-order valence-corrected chi connectivity index (χ0v) is 19.0. The van der Waals surface area contributed by atoms with Crippen LogP contribution in [0.3, 0.4) is 0 Å². The van der Waals surface area contributed by atoms with Gasteiger partial charge in [0, 0.05) is 24.2 Å². The minimum atomic E-state index is -4.95. The average molecular weight is 488 g/mol. The Bertz CT molecular complexity index is 1050. The highest BCUT2D eigenvalue weighted by molar-refractivity contribution is 7.85. The molecular formula is C21H23F3N2O6S. The third kappa shape index (κ3) is 7.53. The van der Waals surface area contributed by atoms with Gasteiger partial charge in [-0.3, -0.25) is 4.98 Å². The first-order valence-electron chi connectivity index (χ1n) is 9.52. The number of hydrogen-bond acceptors (Lipinski definition) is 7. The van der Waals surface area contributed by atoms with E-state index in [-0.39, 0.29) is 29.0 Å². The van der Waals surface area contributed by atoms with Gasteiger partial charge in [-0.15, -0.1) is 13.2 Å². The summed E-state index contributed by atoms with van der Waals surface area (Å²) in [6.07, 6.45) is -5.32. The summed E-state index contributed by atoms with van der Waals surface area (Å²) in [5.41, 5.74) is 0.250. The van der Waals surface area contributed by atoms with Gasteiger partial charge in [0.25, 0.3) is 0 Å². The quantitative estimate of drug-likeness (QED) is 0.449. The van der Waals surface area contributed by atoms with Crippen molar-refractivity contribution in [1.29, 1.82) is 0 Å². The van der Waals surface area contributed by atoms with Crippen molar-refractivity contribution in [2.75, 3.05) is 7.11 Å². The molecule has 0 radical (unpaired) electrons. The van der Waals surface area contributed by atoms with Crippen molar-refractivity contribution in [1.82, 2.24) is 4.98 Å². The highest BCUT2D eigenvalue weighted by Crippen LogP contribution is 2.31.